The predicted octanol–water partition coefficient (Wildman–Crippen LogP) is 17.2. The summed E-state index contributed by atoms with van der Waals surface area (Å²) in [7, 11) is -2.58. The molecule has 0 fully saturated rings. The molecule has 0 saturated heterocycles. The normalized spacial score (nSPS) is 13.7. The molecule has 0 spiro atoms. The van der Waals surface area contributed by atoms with Crippen LogP contribution in [0, 0.1) is 0 Å². The summed E-state index contributed by atoms with van der Waals surface area (Å²) in [5, 5.41) is 21.0. The van der Waals surface area contributed by atoms with Crippen molar-refractivity contribution in [3.63, 3.8) is 0 Å². The molecule has 14 nitrogen and oxygen atoms in total. The maximum atomic E-state index is 6.70. The molecule has 0 unspecified atom stereocenters. The van der Waals surface area contributed by atoms with Gasteiger partial charge in [0, 0.05) is 53.1 Å². The minimum Gasteiger partial charge on any atom is -0.415 e. The first-order chi connectivity index (χ1) is 45.1. The molecule has 92 heavy (non-hydrogen) atoms. The van der Waals surface area contributed by atoms with Gasteiger partial charge in [-0.25, -0.2) is 15.0 Å². The molecule has 438 valence electrons. The van der Waals surface area contributed by atoms with Crippen molar-refractivity contribution in [3.05, 3.63) is 289 Å². The van der Waals surface area contributed by atoms with Gasteiger partial charge in [-0.3, -0.25) is 24.9 Å². The first-order valence-electron chi connectivity index (χ1n) is 30.3. The topological polar surface area (TPSA) is 181 Å². The highest BCUT2D eigenvalue weighted by atomic mass is 28.3. The lowest BCUT2D eigenvalue weighted by molar-refractivity contribution is 0.581. The van der Waals surface area contributed by atoms with Crippen molar-refractivity contribution in [2.75, 3.05) is 0 Å². The lowest BCUT2D eigenvalue weighted by Gasteiger charge is -2.26. The van der Waals surface area contributed by atoms with Gasteiger partial charge in [0.1, 0.15) is 19.5 Å². The number of hydrogen-bond acceptors (Lipinski definition) is 14. The van der Waals surface area contributed by atoms with Crippen LogP contribution >= 0.6 is 0 Å². The summed E-state index contributed by atoms with van der Waals surface area (Å²) in [5.74, 6) is 1.28. The van der Waals surface area contributed by atoms with E-state index >= 15 is 0 Å². The Bertz CT molecular complexity index is 5190. The average molecular weight is 1210 g/mol. The number of hydrogen-bond donors (Lipinski definition) is 0. The van der Waals surface area contributed by atoms with Gasteiger partial charge in [-0.05, 0) is 175 Å². The fourth-order valence-electron chi connectivity index (χ4n) is 13.0. The molecule has 10 aromatic heterocycles. The van der Waals surface area contributed by atoms with Crippen molar-refractivity contribution in [2.24, 2.45) is 0 Å². The van der Waals surface area contributed by atoms with Gasteiger partial charge in [-0.1, -0.05) is 142 Å². The van der Waals surface area contributed by atoms with Crippen LogP contribution in [0.1, 0.15) is 47.2 Å². The van der Waals surface area contributed by atoms with E-state index in [0.29, 0.717) is 57.4 Å². The number of pyridine rings is 8. The third-order valence-corrected chi connectivity index (χ3v) is 21.0. The van der Waals surface area contributed by atoms with Crippen molar-refractivity contribution < 1.29 is 8.83 Å². The van der Waals surface area contributed by atoms with E-state index in [1.165, 1.54) is 21.5 Å². The van der Waals surface area contributed by atoms with Crippen molar-refractivity contribution in [1.29, 1.82) is 0 Å². The second-order valence-corrected chi connectivity index (χ2v) is 28.0. The van der Waals surface area contributed by atoms with Gasteiger partial charge in [0.15, 0.2) is 0 Å². The Morgan fingerprint density at radius 1 is 0.293 bits per heavy atom. The highest BCUT2D eigenvalue weighted by Gasteiger charge is 2.44. The van der Waals surface area contributed by atoms with E-state index < -0.39 is 13.5 Å². The Hall–Kier alpha value is -11.9. The molecule has 0 atom stereocenters. The summed E-state index contributed by atoms with van der Waals surface area (Å²) < 4.78 is 13.1. The van der Waals surface area contributed by atoms with Gasteiger partial charge in [0.2, 0.25) is 11.8 Å². The molecule has 4 aromatic carbocycles. The summed E-state index contributed by atoms with van der Waals surface area (Å²) in [4.78, 5) is 39.1. The Morgan fingerprint density at radius 3 is 1.22 bits per heavy atom. The van der Waals surface area contributed by atoms with E-state index in [1.807, 2.05) is 128 Å². The molecule has 0 N–H and O–H groups in total. The zero-order valence-electron chi connectivity index (χ0n) is 50.4. The van der Waals surface area contributed by atoms with Crippen LogP contribution in [0.25, 0.3) is 136 Å². The largest absolute Gasteiger partial charge is 0.415 e. The Labute approximate surface area is 531 Å². The first-order valence-corrected chi connectivity index (χ1v) is 33.3. The third-order valence-electron chi connectivity index (χ3n) is 17.4. The SMILES string of the molecule is CC1(C)c2cc(-c3nnc(-c4cccc(-c5ccccn5)n4)o3)ccc2-c2cc(-c3cccc(-c4ccc(C5=C(c6ccccc6)C(c6ccccc6)=C(c6ccc(-c7ccccn7)nc6)[Si]5(C)C)cn4)n3)c(-c3nnc(-c4cccc(-c5ccccn5)n4)o3)cc21. The van der Waals surface area contributed by atoms with Crippen LogP contribution in [0.4, 0.5) is 0 Å². The van der Waals surface area contributed by atoms with Crippen LogP contribution in [0.2, 0.25) is 13.1 Å². The van der Waals surface area contributed by atoms with Crippen LogP contribution in [0.15, 0.2) is 264 Å². The van der Waals surface area contributed by atoms with Gasteiger partial charge < -0.3 is 8.83 Å². The molecular formula is C77H54N12O2Si. The van der Waals surface area contributed by atoms with Crippen molar-refractivity contribution in [2.45, 2.75) is 32.4 Å². The van der Waals surface area contributed by atoms with Gasteiger partial charge in [-0.2, -0.15) is 0 Å². The number of aromatic nitrogens is 12. The number of rotatable bonds is 13. The van der Waals surface area contributed by atoms with Crippen molar-refractivity contribution >= 4 is 29.6 Å². The molecular weight excluding hydrogens is 1150 g/mol. The average Bonchev–Trinajstić information content (AvgIpc) is 1.57. The molecule has 16 rings (SSSR count). The monoisotopic (exact) mass is 1210 g/mol. The summed E-state index contributed by atoms with van der Waals surface area (Å²) in [6.45, 7) is 9.35. The van der Waals surface area contributed by atoms with Crippen LogP contribution in [0.3, 0.4) is 0 Å². The summed E-state index contributed by atoms with van der Waals surface area (Å²) >= 11 is 0. The van der Waals surface area contributed by atoms with E-state index in [-0.39, 0.29) is 5.89 Å². The van der Waals surface area contributed by atoms with E-state index in [9.17, 15) is 0 Å². The van der Waals surface area contributed by atoms with Crippen molar-refractivity contribution in [3.8, 4) is 114 Å². The summed E-state index contributed by atoms with van der Waals surface area (Å²) in [6.07, 6.45) is 9.36. The summed E-state index contributed by atoms with van der Waals surface area (Å²) in [6, 6.07) is 75.7. The van der Waals surface area contributed by atoms with Crippen LogP contribution in [-0.2, 0) is 5.41 Å². The lowest BCUT2D eigenvalue weighted by Crippen LogP contribution is -2.28. The molecule has 11 heterocycles. The second kappa shape index (κ2) is 22.6. The quantitative estimate of drug-likeness (QED) is 0.0994. The zero-order chi connectivity index (χ0) is 61.9. The number of fused-ring (bicyclic) bond motifs is 3. The molecule has 0 saturated carbocycles. The smallest absolute Gasteiger partial charge is 0.266 e. The molecule has 2 aliphatic rings. The molecule has 0 bridgehead atoms. The molecule has 1 aliphatic heterocycles. The Morgan fingerprint density at radius 2 is 0.707 bits per heavy atom. The highest BCUT2D eigenvalue weighted by molar-refractivity contribution is 7.13. The minimum absolute atomic E-state index is 0.271. The Kier molecular flexibility index (Phi) is 13.6. The van der Waals surface area contributed by atoms with Crippen molar-refractivity contribution in [1.82, 2.24) is 60.3 Å². The number of benzene rings is 4. The molecule has 0 amide bonds. The van der Waals surface area contributed by atoms with Gasteiger partial charge in [-0.15, -0.1) is 20.4 Å². The third kappa shape index (κ3) is 9.84. The molecule has 14 aromatic rings. The minimum atomic E-state index is -2.58. The van der Waals surface area contributed by atoms with E-state index in [0.717, 1.165) is 84.1 Å². The fraction of sp³-hybridized carbons (Fsp3) is 0.0649. The van der Waals surface area contributed by atoms with Gasteiger partial charge in [0.25, 0.3) is 11.8 Å². The molecule has 0 radical (unpaired) electrons. The number of allylic oxidation sites excluding steroid dienone is 2. The fourth-order valence-corrected chi connectivity index (χ4v) is 16.8. The van der Waals surface area contributed by atoms with E-state index in [4.69, 9.17) is 38.9 Å². The standard InChI is InChI=1S/C77H54N12O2Si/c1-77(2)56-42-49(73-86-88-75(90-73)67-31-18-29-64(84-67)60-25-12-15-40-79-60)33-36-52(56)53-43-54(55(44-57(53)77)74-87-89-76(91-74)68-32-19-30-65(85-68)61-26-13-16-41-80-61)58-27-17-28-66(83-58)63-38-35-51(46-82-63)72-70(48-22-9-6-10-23-48)69(47-20-7-5-8-21-47)71(92(72,3)4)50-34-37-62(81-45-50)59-24-11-14-39-78-59/h5-46H,1-4H3. The number of nitrogens with zero attached hydrogens (tertiary/aromatic N) is 12. The van der Waals surface area contributed by atoms with Crippen LogP contribution < -0.4 is 0 Å². The molecule has 15 heteroatoms. The maximum absolute atomic E-state index is 6.70. The van der Waals surface area contributed by atoms with Gasteiger partial charge in [0.05, 0.1) is 51.2 Å². The highest BCUT2D eigenvalue weighted by Crippen LogP contribution is 2.56. The maximum Gasteiger partial charge on any atom is 0.266 e. The summed E-state index contributed by atoms with van der Waals surface area (Å²) in [5.41, 5.74) is 20.7. The predicted molar refractivity (Wildman–Crippen MR) is 361 cm³/mol. The van der Waals surface area contributed by atoms with Crippen LogP contribution in [0.5, 0.6) is 0 Å². The second-order valence-electron chi connectivity index (χ2n) is 23.7. The Balaban J connectivity index is 0.785. The van der Waals surface area contributed by atoms with Gasteiger partial charge >= 0.3 is 0 Å². The van der Waals surface area contributed by atoms with Crippen LogP contribution in [-0.4, -0.2) is 68.3 Å². The molecule has 1 aliphatic carbocycles. The zero-order valence-corrected chi connectivity index (χ0v) is 51.4. The first kappa shape index (κ1) is 55.4. The van der Waals surface area contributed by atoms with E-state index in [2.05, 4.69) is 166 Å². The lowest BCUT2D eigenvalue weighted by atomic mass is 9.81. The van der Waals surface area contributed by atoms with E-state index in [1.54, 1.807) is 18.6 Å².